The van der Waals surface area contributed by atoms with Crippen LogP contribution in [0.3, 0.4) is 0 Å². The van der Waals surface area contributed by atoms with Gasteiger partial charge < -0.3 is 10.5 Å². The summed E-state index contributed by atoms with van der Waals surface area (Å²) in [6.45, 7) is 2.31. The SMILES string of the molecule is C/C=C/COc1ccc([N+](=O)[O-])c(N)c1. The predicted molar refractivity (Wildman–Crippen MR) is 57.8 cm³/mol. The molecule has 0 atom stereocenters. The highest BCUT2D eigenvalue weighted by atomic mass is 16.6. The van der Waals surface area contributed by atoms with Crippen molar-refractivity contribution in [2.45, 2.75) is 6.92 Å². The minimum atomic E-state index is -0.523. The van der Waals surface area contributed by atoms with Gasteiger partial charge in [0.05, 0.1) is 4.92 Å². The number of ether oxygens (including phenoxy) is 1. The van der Waals surface area contributed by atoms with Crippen LogP contribution in [0.5, 0.6) is 5.75 Å². The number of rotatable bonds is 4. The third-order valence-electron chi connectivity index (χ3n) is 1.78. The fourth-order valence-electron chi connectivity index (χ4n) is 1.03. The largest absolute Gasteiger partial charge is 0.489 e. The lowest BCUT2D eigenvalue weighted by molar-refractivity contribution is -0.383. The van der Waals surface area contributed by atoms with Crippen molar-refractivity contribution in [3.8, 4) is 5.75 Å². The number of nitrogens with two attached hydrogens (primary N) is 1. The lowest BCUT2D eigenvalue weighted by atomic mass is 10.2. The van der Waals surface area contributed by atoms with Gasteiger partial charge in [0, 0.05) is 12.1 Å². The molecule has 0 aromatic heterocycles. The molecule has 0 aliphatic heterocycles. The highest BCUT2D eigenvalue weighted by Gasteiger charge is 2.10. The molecule has 5 heteroatoms. The van der Waals surface area contributed by atoms with E-state index in [-0.39, 0.29) is 11.4 Å². The van der Waals surface area contributed by atoms with Crippen LogP contribution >= 0.6 is 0 Å². The van der Waals surface area contributed by atoms with E-state index in [0.717, 1.165) is 0 Å². The monoisotopic (exact) mass is 208 g/mol. The summed E-state index contributed by atoms with van der Waals surface area (Å²) in [5, 5.41) is 10.5. The summed E-state index contributed by atoms with van der Waals surface area (Å²) in [5.74, 6) is 0.524. The summed E-state index contributed by atoms with van der Waals surface area (Å²) in [4.78, 5) is 9.94. The summed E-state index contributed by atoms with van der Waals surface area (Å²) < 4.78 is 5.27. The molecule has 0 radical (unpaired) electrons. The molecule has 0 saturated carbocycles. The van der Waals surface area contributed by atoms with Crippen LogP contribution in [0.25, 0.3) is 0 Å². The van der Waals surface area contributed by atoms with Gasteiger partial charge in [-0.3, -0.25) is 10.1 Å². The Morgan fingerprint density at radius 2 is 2.33 bits per heavy atom. The molecule has 1 aromatic rings. The van der Waals surface area contributed by atoms with Crippen LogP contribution in [0.15, 0.2) is 30.4 Å². The minimum absolute atomic E-state index is 0.103. The van der Waals surface area contributed by atoms with Crippen LogP contribution in [-0.4, -0.2) is 11.5 Å². The van der Waals surface area contributed by atoms with Crippen molar-refractivity contribution in [2.24, 2.45) is 0 Å². The number of benzene rings is 1. The van der Waals surface area contributed by atoms with Crippen LogP contribution in [0.4, 0.5) is 11.4 Å². The number of nitrogens with zero attached hydrogens (tertiary/aromatic N) is 1. The molecule has 0 aliphatic carbocycles. The summed E-state index contributed by atoms with van der Waals surface area (Å²) in [6.07, 6.45) is 3.69. The number of hydrogen-bond acceptors (Lipinski definition) is 4. The van der Waals surface area contributed by atoms with Gasteiger partial charge in [0.2, 0.25) is 0 Å². The minimum Gasteiger partial charge on any atom is -0.489 e. The quantitative estimate of drug-likeness (QED) is 0.356. The van der Waals surface area contributed by atoms with Gasteiger partial charge >= 0.3 is 0 Å². The topological polar surface area (TPSA) is 78.4 Å². The number of allylic oxidation sites excluding steroid dienone is 1. The lowest BCUT2D eigenvalue weighted by Gasteiger charge is -2.03. The van der Waals surface area contributed by atoms with E-state index in [2.05, 4.69) is 0 Å². The number of nitro benzene ring substituents is 1. The molecule has 0 fully saturated rings. The Morgan fingerprint density at radius 3 is 2.87 bits per heavy atom. The van der Waals surface area contributed by atoms with Crippen molar-refractivity contribution in [3.05, 3.63) is 40.5 Å². The first kappa shape index (κ1) is 11.0. The highest BCUT2D eigenvalue weighted by Crippen LogP contribution is 2.25. The van der Waals surface area contributed by atoms with Gasteiger partial charge in [0.15, 0.2) is 0 Å². The fraction of sp³-hybridized carbons (Fsp3) is 0.200. The summed E-state index contributed by atoms with van der Waals surface area (Å²) in [5.41, 5.74) is 5.49. The van der Waals surface area contributed by atoms with Crippen LogP contribution in [0, 0.1) is 10.1 Å². The Hall–Kier alpha value is -2.04. The molecule has 0 bridgehead atoms. The molecule has 1 aromatic carbocycles. The molecule has 80 valence electrons. The molecule has 0 heterocycles. The molecule has 2 N–H and O–H groups in total. The van der Waals surface area contributed by atoms with Crippen LogP contribution in [-0.2, 0) is 0 Å². The predicted octanol–water partition coefficient (Wildman–Crippen LogP) is 2.13. The van der Waals surface area contributed by atoms with Gasteiger partial charge in [-0.2, -0.15) is 0 Å². The molecule has 1 rings (SSSR count). The van der Waals surface area contributed by atoms with Gasteiger partial charge in [0.25, 0.3) is 5.69 Å². The van der Waals surface area contributed by atoms with E-state index < -0.39 is 4.92 Å². The second-order valence-corrected chi connectivity index (χ2v) is 2.86. The van der Waals surface area contributed by atoms with Crippen LogP contribution in [0.2, 0.25) is 0 Å². The summed E-state index contributed by atoms with van der Waals surface area (Å²) in [6, 6.07) is 4.31. The molecule has 0 spiro atoms. The standard InChI is InChI=1S/C10H12N2O3/c1-2-3-6-15-8-4-5-10(12(13)14)9(11)7-8/h2-5,7H,6,11H2,1H3/b3-2+. The van der Waals surface area contributed by atoms with Crippen molar-refractivity contribution in [2.75, 3.05) is 12.3 Å². The van der Waals surface area contributed by atoms with E-state index in [0.29, 0.717) is 12.4 Å². The van der Waals surface area contributed by atoms with E-state index in [1.165, 1.54) is 18.2 Å². The average Bonchev–Trinajstić information content (AvgIpc) is 2.17. The maximum Gasteiger partial charge on any atom is 0.292 e. The molecular weight excluding hydrogens is 196 g/mol. The number of anilines is 1. The second kappa shape index (κ2) is 4.99. The Labute approximate surface area is 87.3 Å². The van der Waals surface area contributed by atoms with Crippen molar-refractivity contribution >= 4 is 11.4 Å². The lowest BCUT2D eigenvalue weighted by Crippen LogP contribution is -1.98. The van der Waals surface area contributed by atoms with E-state index >= 15 is 0 Å². The fourth-order valence-corrected chi connectivity index (χ4v) is 1.03. The number of nitrogen functional groups attached to an aromatic ring is 1. The molecule has 15 heavy (non-hydrogen) atoms. The maximum atomic E-state index is 10.5. The zero-order valence-corrected chi connectivity index (χ0v) is 8.34. The van der Waals surface area contributed by atoms with Crippen LogP contribution in [0.1, 0.15) is 6.92 Å². The molecule has 0 aliphatic rings. The van der Waals surface area contributed by atoms with Gasteiger partial charge in [-0.05, 0) is 13.0 Å². The van der Waals surface area contributed by atoms with E-state index in [4.69, 9.17) is 10.5 Å². The van der Waals surface area contributed by atoms with Crippen molar-refractivity contribution in [3.63, 3.8) is 0 Å². The zero-order chi connectivity index (χ0) is 11.3. The summed E-state index contributed by atoms with van der Waals surface area (Å²) >= 11 is 0. The van der Waals surface area contributed by atoms with E-state index in [1.54, 1.807) is 0 Å². The van der Waals surface area contributed by atoms with Gasteiger partial charge in [0.1, 0.15) is 18.0 Å². The van der Waals surface area contributed by atoms with Crippen molar-refractivity contribution in [1.29, 1.82) is 0 Å². The third-order valence-corrected chi connectivity index (χ3v) is 1.78. The van der Waals surface area contributed by atoms with Gasteiger partial charge in [-0.25, -0.2) is 0 Å². The molecular formula is C10H12N2O3. The first-order chi connectivity index (χ1) is 7.15. The first-order valence-corrected chi connectivity index (χ1v) is 4.43. The zero-order valence-electron chi connectivity index (χ0n) is 8.34. The first-order valence-electron chi connectivity index (χ1n) is 4.43. The second-order valence-electron chi connectivity index (χ2n) is 2.86. The normalized spacial score (nSPS) is 10.5. The van der Waals surface area contributed by atoms with E-state index in [1.807, 2.05) is 19.1 Å². The van der Waals surface area contributed by atoms with Gasteiger partial charge in [-0.1, -0.05) is 12.2 Å². The Kier molecular flexibility index (Phi) is 3.68. The highest BCUT2D eigenvalue weighted by molar-refractivity contribution is 5.60. The molecule has 5 nitrogen and oxygen atoms in total. The van der Waals surface area contributed by atoms with Crippen LogP contribution < -0.4 is 10.5 Å². The number of nitro groups is 1. The average molecular weight is 208 g/mol. The summed E-state index contributed by atoms with van der Waals surface area (Å²) in [7, 11) is 0. The Bertz CT molecular complexity index is 388. The third kappa shape index (κ3) is 2.98. The van der Waals surface area contributed by atoms with E-state index in [9.17, 15) is 10.1 Å². The van der Waals surface area contributed by atoms with Crippen molar-refractivity contribution < 1.29 is 9.66 Å². The molecule has 0 saturated heterocycles. The maximum absolute atomic E-state index is 10.5. The molecule has 0 unspecified atom stereocenters. The smallest absolute Gasteiger partial charge is 0.292 e. The van der Waals surface area contributed by atoms with Gasteiger partial charge in [-0.15, -0.1) is 0 Å². The molecule has 0 amide bonds. The number of hydrogen-bond donors (Lipinski definition) is 1. The Morgan fingerprint density at radius 1 is 1.60 bits per heavy atom. The van der Waals surface area contributed by atoms with Crippen molar-refractivity contribution in [1.82, 2.24) is 0 Å². The Balaban J connectivity index is 2.77.